The van der Waals surface area contributed by atoms with Crippen LogP contribution in [0, 0.1) is 13.8 Å². The summed E-state index contributed by atoms with van der Waals surface area (Å²) in [5.41, 5.74) is 6.00. The fourth-order valence-electron chi connectivity index (χ4n) is 4.50. The number of hydrogen-bond acceptors (Lipinski definition) is 6. The number of hydrogen-bond donors (Lipinski definition) is 1. The molecule has 8 nitrogen and oxygen atoms in total. The zero-order chi connectivity index (χ0) is 23.1. The predicted octanol–water partition coefficient (Wildman–Crippen LogP) is 5.55. The number of para-hydroxylation sites is 1. The van der Waals surface area contributed by atoms with E-state index in [1.807, 2.05) is 51.2 Å². The lowest BCUT2D eigenvalue weighted by Crippen LogP contribution is -2.19. The summed E-state index contributed by atoms with van der Waals surface area (Å²) in [7, 11) is 3.53. The van der Waals surface area contributed by atoms with Crippen LogP contribution in [0.5, 0.6) is 5.75 Å². The van der Waals surface area contributed by atoms with Crippen LogP contribution in [0.3, 0.4) is 0 Å². The molecule has 0 spiro atoms. The smallest absolute Gasteiger partial charge is 0.151 e. The second kappa shape index (κ2) is 8.68. The molecular weight excluding hydrogens is 440 g/mol. The van der Waals surface area contributed by atoms with E-state index >= 15 is 0 Å². The molecule has 172 valence electrons. The van der Waals surface area contributed by atoms with E-state index in [1.165, 1.54) is 0 Å². The highest BCUT2D eigenvalue weighted by Crippen LogP contribution is 2.40. The average Bonchev–Trinajstić information content (AvgIpc) is 3.32. The number of nitrogens with one attached hydrogen (secondary N) is 1. The molecule has 0 amide bonds. The van der Waals surface area contributed by atoms with Gasteiger partial charge in [0.05, 0.1) is 29.7 Å². The number of ether oxygens (including phenoxy) is 2. The van der Waals surface area contributed by atoms with Gasteiger partial charge in [-0.2, -0.15) is 0 Å². The highest BCUT2D eigenvalue weighted by molar-refractivity contribution is 6.31. The van der Waals surface area contributed by atoms with Crippen molar-refractivity contribution in [3.8, 4) is 17.0 Å². The van der Waals surface area contributed by atoms with Crippen LogP contribution in [0.4, 0.5) is 11.4 Å². The maximum atomic E-state index is 6.56. The van der Waals surface area contributed by atoms with Crippen LogP contribution in [0.15, 0.2) is 30.3 Å². The van der Waals surface area contributed by atoms with E-state index in [1.54, 1.807) is 11.8 Å². The van der Waals surface area contributed by atoms with Gasteiger partial charge >= 0.3 is 0 Å². The Morgan fingerprint density at radius 2 is 2.03 bits per heavy atom. The van der Waals surface area contributed by atoms with Crippen LogP contribution in [-0.2, 0) is 11.8 Å². The van der Waals surface area contributed by atoms with Gasteiger partial charge in [-0.15, -0.1) is 5.10 Å². The minimum Gasteiger partial charge on any atom is -0.494 e. The van der Waals surface area contributed by atoms with Crippen molar-refractivity contribution in [2.45, 2.75) is 39.3 Å². The second-order valence-corrected chi connectivity index (χ2v) is 8.77. The molecule has 1 unspecified atom stereocenters. The molecule has 0 radical (unpaired) electrons. The molecule has 9 heteroatoms. The summed E-state index contributed by atoms with van der Waals surface area (Å²) in [6.45, 7) is 4.76. The molecule has 1 aliphatic rings. The molecule has 2 aromatic carbocycles. The van der Waals surface area contributed by atoms with Gasteiger partial charge in [0.2, 0.25) is 0 Å². The summed E-state index contributed by atoms with van der Waals surface area (Å²) in [5, 5.41) is 12.6. The van der Waals surface area contributed by atoms with Crippen molar-refractivity contribution >= 4 is 34.0 Å². The number of rotatable bonds is 5. The highest BCUT2D eigenvalue weighted by Gasteiger charge is 2.23. The van der Waals surface area contributed by atoms with E-state index in [0.717, 1.165) is 71.1 Å². The van der Waals surface area contributed by atoms with E-state index in [-0.39, 0.29) is 6.23 Å². The summed E-state index contributed by atoms with van der Waals surface area (Å²) in [5.74, 6) is 1.58. The average molecular weight is 467 g/mol. The van der Waals surface area contributed by atoms with Gasteiger partial charge in [-0.25, -0.2) is 4.98 Å². The number of methoxy groups -OCH3 is 1. The lowest BCUT2D eigenvalue weighted by Gasteiger charge is -2.25. The van der Waals surface area contributed by atoms with Gasteiger partial charge in [0.1, 0.15) is 23.3 Å². The molecule has 1 N–H and O–H groups in total. The molecule has 0 aliphatic carbocycles. The number of aromatic nitrogens is 5. The Balaban J connectivity index is 1.60. The standard InChI is InChI=1S/C24H27ClN6O2/c1-14-22(28-29-30(14)3)17-8-7-9-18(24(17)32-4)27-19-12-16(25)13-20-23(19)26-15(2)31(20)21-10-5-6-11-33-21/h7-9,12-13,21,27H,5-6,10-11H2,1-4H3. The van der Waals surface area contributed by atoms with Crippen LogP contribution < -0.4 is 10.1 Å². The van der Waals surface area contributed by atoms with E-state index in [9.17, 15) is 0 Å². The van der Waals surface area contributed by atoms with Crippen molar-refractivity contribution in [1.82, 2.24) is 24.5 Å². The van der Waals surface area contributed by atoms with Gasteiger partial charge in [-0.1, -0.05) is 22.9 Å². The third-order valence-corrected chi connectivity index (χ3v) is 6.45. The molecule has 3 heterocycles. The number of fused-ring (bicyclic) bond motifs is 1. The maximum Gasteiger partial charge on any atom is 0.151 e. The minimum atomic E-state index is -0.0208. The Bertz CT molecular complexity index is 1320. The van der Waals surface area contributed by atoms with E-state index in [2.05, 4.69) is 20.2 Å². The zero-order valence-electron chi connectivity index (χ0n) is 19.2. The molecule has 0 bridgehead atoms. The molecule has 33 heavy (non-hydrogen) atoms. The molecule has 1 saturated heterocycles. The first kappa shape index (κ1) is 21.7. The fraction of sp³-hybridized carbons (Fsp3) is 0.375. The molecular formula is C24H27ClN6O2. The van der Waals surface area contributed by atoms with E-state index in [4.69, 9.17) is 26.1 Å². The summed E-state index contributed by atoms with van der Waals surface area (Å²) in [4.78, 5) is 4.87. The first-order valence-electron chi connectivity index (χ1n) is 11.1. The summed E-state index contributed by atoms with van der Waals surface area (Å²) >= 11 is 6.56. The Morgan fingerprint density at radius 1 is 1.18 bits per heavy atom. The van der Waals surface area contributed by atoms with Crippen LogP contribution in [0.2, 0.25) is 5.02 Å². The molecule has 0 saturated carbocycles. The number of imidazole rings is 1. The number of benzene rings is 2. The molecule has 1 aliphatic heterocycles. The summed E-state index contributed by atoms with van der Waals surface area (Å²) < 4.78 is 15.8. The third-order valence-electron chi connectivity index (χ3n) is 6.23. The lowest BCUT2D eigenvalue weighted by molar-refractivity contribution is -0.0306. The summed E-state index contributed by atoms with van der Waals surface area (Å²) in [6.07, 6.45) is 3.18. The van der Waals surface area contributed by atoms with Crippen molar-refractivity contribution < 1.29 is 9.47 Å². The van der Waals surface area contributed by atoms with Crippen molar-refractivity contribution in [1.29, 1.82) is 0 Å². The van der Waals surface area contributed by atoms with Crippen molar-refractivity contribution in [2.75, 3.05) is 19.0 Å². The number of anilines is 2. The Kier molecular flexibility index (Phi) is 5.72. The van der Waals surface area contributed by atoms with Crippen LogP contribution in [0.1, 0.15) is 37.0 Å². The Morgan fingerprint density at radius 3 is 2.73 bits per heavy atom. The fourth-order valence-corrected chi connectivity index (χ4v) is 4.71. The molecule has 1 atom stereocenters. The zero-order valence-corrected chi connectivity index (χ0v) is 20.0. The largest absolute Gasteiger partial charge is 0.494 e. The van der Waals surface area contributed by atoms with Gasteiger partial charge in [-0.05, 0) is 57.4 Å². The van der Waals surface area contributed by atoms with Crippen molar-refractivity contribution in [3.63, 3.8) is 0 Å². The topological polar surface area (TPSA) is 79.0 Å². The number of aryl methyl sites for hydroxylation is 2. The van der Waals surface area contributed by atoms with Gasteiger partial charge in [0, 0.05) is 24.2 Å². The SMILES string of the molecule is COc1c(Nc2cc(Cl)cc3c2nc(C)n3C2CCCCO2)cccc1-c1nnn(C)c1C. The van der Waals surface area contributed by atoms with E-state index < -0.39 is 0 Å². The Hall–Kier alpha value is -3.10. The first-order chi connectivity index (χ1) is 16.0. The maximum absolute atomic E-state index is 6.56. The lowest BCUT2D eigenvalue weighted by atomic mass is 10.1. The predicted molar refractivity (Wildman–Crippen MR) is 129 cm³/mol. The molecule has 1 fully saturated rings. The third kappa shape index (κ3) is 3.83. The van der Waals surface area contributed by atoms with Gasteiger partial charge in [0.25, 0.3) is 0 Å². The van der Waals surface area contributed by atoms with Crippen LogP contribution >= 0.6 is 11.6 Å². The van der Waals surface area contributed by atoms with Crippen molar-refractivity contribution in [3.05, 3.63) is 46.9 Å². The van der Waals surface area contributed by atoms with Gasteiger partial charge in [0.15, 0.2) is 5.75 Å². The van der Waals surface area contributed by atoms with Crippen LogP contribution in [0.25, 0.3) is 22.3 Å². The number of halogens is 1. The first-order valence-corrected chi connectivity index (χ1v) is 11.5. The quantitative estimate of drug-likeness (QED) is 0.415. The molecule has 4 aromatic rings. The molecule has 2 aromatic heterocycles. The summed E-state index contributed by atoms with van der Waals surface area (Å²) in [6, 6.07) is 9.76. The number of nitrogens with zero attached hydrogens (tertiary/aromatic N) is 5. The normalized spacial score (nSPS) is 16.3. The van der Waals surface area contributed by atoms with Gasteiger partial charge < -0.3 is 19.4 Å². The van der Waals surface area contributed by atoms with E-state index in [0.29, 0.717) is 10.8 Å². The Labute approximate surface area is 197 Å². The second-order valence-electron chi connectivity index (χ2n) is 8.33. The van der Waals surface area contributed by atoms with Gasteiger partial charge in [-0.3, -0.25) is 4.68 Å². The monoisotopic (exact) mass is 466 g/mol. The molecule has 5 rings (SSSR count). The minimum absolute atomic E-state index is 0.0208. The highest BCUT2D eigenvalue weighted by atomic mass is 35.5. The van der Waals surface area contributed by atoms with Crippen molar-refractivity contribution in [2.24, 2.45) is 7.05 Å². The van der Waals surface area contributed by atoms with Crippen LogP contribution in [-0.4, -0.2) is 38.3 Å².